The molecule has 0 radical (unpaired) electrons. The zero-order valence-corrected chi connectivity index (χ0v) is 17.8. The molecule has 0 aromatic heterocycles. The third-order valence-corrected chi connectivity index (χ3v) is 5.90. The number of carbonyl (C=O) groups excluding carboxylic acids is 1. The maximum Gasteiger partial charge on any atom is 0.261 e. The first-order chi connectivity index (χ1) is 14.3. The summed E-state index contributed by atoms with van der Waals surface area (Å²) in [5, 5.41) is 2.86. The second-order valence-electron chi connectivity index (χ2n) is 6.53. The van der Waals surface area contributed by atoms with E-state index in [0.717, 1.165) is 11.3 Å². The summed E-state index contributed by atoms with van der Waals surface area (Å²) >= 11 is 6.20. The average Bonchev–Trinajstić information content (AvgIpc) is 2.73. The Morgan fingerprint density at radius 3 is 2.37 bits per heavy atom. The summed E-state index contributed by atoms with van der Waals surface area (Å²) in [5.74, 6) is 0.390. The Morgan fingerprint density at radius 1 is 1.00 bits per heavy atom. The first kappa shape index (κ1) is 21.7. The summed E-state index contributed by atoms with van der Waals surface area (Å²) < 4.78 is 33.0. The van der Waals surface area contributed by atoms with Crippen LogP contribution in [0.25, 0.3) is 0 Å². The highest BCUT2D eigenvalue weighted by molar-refractivity contribution is 7.92. The van der Waals surface area contributed by atoms with Crippen molar-refractivity contribution in [1.29, 1.82) is 0 Å². The maximum absolute atomic E-state index is 12.5. The van der Waals surface area contributed by atoms with Gasteiger partial charge in [0, 0.05) is 5.56 Å². The number of ether oxygens (including phenoxy) is 1. The van der Waals surface area contributed by atoms with E-state index in [0.29, 0.717) is 18.7 Å². The molecule has 0 aliphatic heterocycles. The number of anilines is 1. The van der Waals surface area contributed by atoms with Crippen molar-refractivity contribution >= 4 is 33.2 Å². The predicted molar refractivity (Wildman–Crippen MR) is 118 cm³/mol. The van der Waals surface area contributed by atoms with Crippen LogP contribution in [0.3, 0.4) is 0 Å². The summed E-state index contributed by atoms with van der Waals surface area (Å²) in [6.45, 7) is 2.50. The third-order valence-electron chi connectivity index (χ3n) is 4.21. The van der Waals surface area contributed by atoms with Crippen LogP contribution in [0.4, 0.5) is 5.69 Å². The quantitative estimate of drug-likeness (QED) is 0.508. The molecule has 2 N–H and O–H groups in total. The number of halogens is 1. The zero-order chi connectivity index (χ0) is 21.6. The molecule has 156 valence electrons. The fourth-order valence-electron chi connectivity index (χ4n) is 2.61. The highest BCUT2D eigenvalue weighted by Crippen LogP contribution is 2.26. The molecule has 3 aromatic rings. The third kappa shape index (κ3) is 5.75. The van der Waals surface area contributed by atoms with Crippen LogP contribution in [0.5, 0.6) is 5.75 Å². The van der Waals surface area contributed by atoms with Crippen molar-refractivity contribution in [2.75, 3.05) is 17.9 Å². The Labute approximate surface area is 180 Å². The Balaban J connectivity index is 1.59. The number of hydrogen-bond acceptors (Lipinski definition) is 4. The molecule has 0 aliphatic carbocycles. The normalized spacial score (nSPS) is 11.0. The highest BCUT2D eigenvalue weighted by Gasteiger charge is 2.16. The van der Waals surface area contributed by atoms with E-state index in [-0.39, 0.29) is 21.5 Å². The lowest BCUT2D eigenvalue weighted by Crippen LogP contribution is -2.28. The van der Waals surface area contributed by atoms with E-state index in [4.69, 9.17) is 16.3 Å². The molecule has 0 unspecified atom stereocenters. The SMILES string of the molecule is Cc1ccc(S(=O)(=O)Nc2ccc(C(=O)NCCOc3ccccc3)cc2Cl)cc1. The summed E-state index contributed by atoms with van der Waals surface area (Å²) in [6.07, 6.45) is 0. The standard InChI is InChI=1S/C22H21ClN2O4S/c1-16-7-10-19(11-8-16)30(27,28)25-21-12-9-17(15-20(21)23)22(26)24-13-14-29-18-5-3-2-4-6-18/h2-12,15,25H,13-14H2,1H3,(H,24,26). The molecule has 3 rings (SSSR count). The first-order valence-corrected chi connectivity index (χ1v) is 11.1. The number of rotatable bonds is 8. The summed E-state index contributed by atoms with van der Waals surface area (Å²) in [5.41, 5.74) is 1.47. The lowest BCUT2D eigenvalue weighted by molar-refractivity contribution is 0.0947. The van der Waals surface area contributed by atoms with Gasteiger partial charge < -0.3 is 10.1 Å². The summed E-state index contributed by atoms with van der Waals surface area (Å²) in [7, 11) is -3.78. The highest BCUT2D eigenvalue weighted by atomic mass is 35.5. The molecule has 30 heavy (non-hydrogen) atoms. The number of benzene rings is 3. The number of hydrogen-bond donors (Lipinski definition) is 2. The largest absolute Gasteiger partial charge is 0.492 e. The van der Waals surface area contributed by atoms with Crippen molar-refractivity contribution in [1.82, 2.24) is 5.32 Å². The molecule has 8 heteroatoms. The maximum atomic E-state index is 12.5. The molecule has 3 aromatic carbocycles. The molecule has 1 amide bonds. The molecule has 0 spiro atoms. The molecule has 0 atom stereocenters. The van der Waals surface area contributed by atoms with Gasteiger partial charge in [0.2, 0.25) is 0 Å². The van der Waals surface area contributed by atoms with Gasteiger partial charge in [-0.2, -0.15) is 0 Å². The van der Waals surface area contributed by atoms with Gasteiger partial charge in [0.25, 0.3) is 15.9 Å². The number of carbonyl (C=O) groups is 1. The smallest absolute Gasteiger partial charge is 0.261 e. The molecular formula is C22H21ClN2O4S. The molecular weight excluding hydrogens is 424 g/mol. The average molecular weight is 445 g/mol. The number of para-hydroxylation sites is 1. The van der Waals surface area contributed by atoms with E-state index < -0.39 is 10.0 Å². The molecule has 0 saturated heterocycles. The van der Waals surface area contributed by atoms with Gasteiger partial charge >= 0.3 is 0 Å². The van der Waals surface area contributed by atoms with Crippen molar-refractivity contribution in [2.45, 2.75) is 11.8 Å². The van der Waals surface area contributed by atoms with Gasteiger partial charge in [0.1, 0.15) is 12.4 Å². The van der Waals surface area contributed by atoms with Crippen LogP contribution in [0.1, 0.15) is 15.9 Å². The molecule has 0 aliphatic rings. The fourth-order valence-corrected chi connectivity index (χ4v) is 3.98. The number of nitrogens with one attached hydrogen (secondary N) is 2. The van der Waals surface area contributed by atoms with Crippen LogP contribution in [-0.4, -0.2) is 27.5 Å². The number of sulfonamides is 1. The van der Waals surface area contributed by atoms with Crippen LogP contribution in [-0.2, 0) is 10.0 Å². The van der Waals surface area contributed by atoms with Crippen molar-refractivity contribution in [3.63, 3.8) is 0 Å². The van der Waals surface area contributed by atoms with Crippen molar-refractivity contribution in [2.24, 2.45) is 0 Å². The summed E-state index contributed by atoms with van der Waals surface area (Å²) in [6, 6.07) is 20.1. The van der Waals surface area contributed by atoms with Crippen LogP contribution in [0, 0.1) is 6.92 Å². The van der Waals surface area contributed by atoms with E-state index >= 15 is 0 Å². The Bertz CT molecular complexity index is 1120. The minimum atomic E-state index is -3.78. The number of aryl methyl sites for hydroxylation is 1. The zero-order valence-electron chi connectivity index (χ0n) is 16.3. The van der Waals surface area contributed by atoms with Crippen molar-refractivity contribution in [3.8, 4) is 5.75 Å². The lowest BCUT2D eigenvalue weighted by atomic mass is 10.2. The minimum Gasteiger partial charge on any atom is -0.492 e. The van der Waals surface area contributed by atoms with Crippen molar-refractivity contribution in [3.05, 3.63) is 88.9 Å². The monoisotopic (exact) mass is 444 g/mol. The van der Waals surface area contributed by atoms with Gasteiger partial charge in [-0.25, -0.2) is 8.42 Å². The molecule has 0 bridgehead atoms. The van der Waals surface area contributed by atoms with Gasteiger partial charge in [-0.1, -0.05) is 47.5 Å². The Kier molecular flexibility index (Phi) is 6.97. The van der Waals surface area contributed by atoms with Gasteiger partial charge in [-0.05, 0) is 49.4 Å². The predicted octanol–water partition coefficient (Wildman–Crippen LogP) is 4.26. The summed E-state index contributed by atoms with van der Waals surface area (Å²) in [4.78, 5) is 12.4. The second kappa shape index (κ2) is 9.65. The first-order valence-electron chi connectivity index (χ1n) is 9.20. The van der Waals surface area contributed by atoms with Gasteiger partial charge in [-0.3, -0.25) is 9.52 Å². The Morgan fingerprint density at radius 2 is 1.70 bits per heavy atom. The van der Waals surface area contributed by atoms with Crippen LogP contribution in [0.15, 0.2) is 77.7 Å². The van der Waals surface area contributed by atoms with Gasteiger partial charge in [-0.15, -0.1) is 0 Å². The van der Waals surface area contributed by atoms with E-state index in [2.05, 4.69) is 10.0 Å². The van der Waals surface area contributed by atoms with Crippen LogP contribution in [0.2, 0.25) is 5.02 Å². The van der Waals surface area contributed by atoms with Crippen LogP contribution < -0.4 is 14.8 Å². The molecule has 6 nitrogen and oxygen atoms in total. The minimum absolute atomic E-state index is 0.124. The van der Waals surface area contributed by atoms with E-state index in [9.17, 15) is 13.2 Å². The van der Waals surface area contributed by atoms with E-state index in [1.807, 2.05) is 37.3 Å². The lowest BCUT2D eigenvalue weighted by Gasteiger charge is -2.12. The topological polar surface area (TPSA) is 84.5 Å². The molecule has 0 heterocycles. The molecule has 0 fully saturated rings. The van der Waals surface area contributed by atoms with Gasteiger partial charge in [0.15, 0.2) is 0 Å². The van der Waals surface area contributed by atoms with E-state index in [1.165, 1.54) is 30.3 Å². The van der Waals surface area contributed by atoms with Crippen molar-refractivity contribution < 1.29 is 17.9 Å². The fraction of sp³-hybridized carbons (Fsp3) is 0.136. The molecule has 0 saturated carbocycles. The van der Waals surface area contributed by atoms with Gasteiger partial charge in [0.05, 0.1) is 22.2 Å². The number of amides is 1. The Hall–Kier alpha value is -3.03. The second-order valence-corrected chi connectivity index (χ2v) is 8.62. The van der Waals surface area contributed by atoms with Crippen LogP contribution >= 0.6 is 11.6 Å². The van der Waals surface area contributed by atoms with E-state index in [1.54, 1.807) is 12.1 Å².